The molecular formula is C120H170N24O4. The number of unbranched alkanes of at least 4 members (excludes halogenated alkanes) is 8. The van der Waals surface area contributed by atoms with Gasteiger partial charge in [0.2, 0.25) is 0 Å². The number of hydrogen-bond donors (Lipinski definition) is 18. The molecule has 10 aromatic rings. The number of nitrogens with one attached hydrogen (secondary N) is 10. The summed E-state index contributed by atoms with van der Waals surface area (Å²) in [4.78, 5) is 89.4. The van der Waals surface area contributed by atoms with E-state index in [1.54, 1.807) is 0 Å². The van der Waals surface area contributed by atoms with Gasteiger partial charge in [0.05, 0.1) is 44.8 Å². The van der Waals surface area contributed by atoms with E-state index in [0.29, 0.717) is 124 Å². The lowest BCUT2D eigenvalue weighted by molar-refractivity contribution is 0.0944. The molecule has 0 fully saturated rings. The smallest absolute Gasteiger partial charge is 0.251 e. The number of carbonyl (C=O) groups is 4. The molecule has 4 amide bonds. The van der Waals surface area contributed by atoms with Crippen LogP contribution in [0.5, 0.6) is 0 Å². The Kier molecular flexibility index (Phi) is 48.9. The minimum Gasteiger partial charge on any atom is -0.353 e. The number of carbonyl (C=O) groups excluding carboxylic acids is 4. The Morgan fingerprint density at radius 3 is 0.581 bits per heavy atom. The molecule has 26 N–H and O–H groups in total. The Bertz CT molecular complexity index is 5330. The predicted octanol–water partition coefficient (Wildman–Crippen LogP) is 15.5. The van der Waals surface area contributed by atoms with Gasteiger partial charge in [-0.3, -0.25) is 19.2 Å². The van der Waals surface area contributed by atoms with Gasteiger partial charge in [0.1, 0.15) is 0 Å². The standard InChI is InChI=1S/C120H170N24O4/c121-57-25-69-129-65-9-17-77-141(85-29-61-125)81-21-13-73-133-117(145)93-49-41-89(42-50-93)105-109-97-33-1-2-34-98(97)110(137-109)106(90-43-51-94(52-44-90)118(146)134-74-14-22-82-142(86-30-62-126)78-18-10-66-130-70-26-58-122)112-101-37-5-6-38-102(101)114(139-112)108(92-47-55-96(56-48-92)120(148)136-76-16-24-84-144(88-32-64-128)80-20-12-68-132-72-28-60-124)116-104-40-8-7-39-103(104)115(140-116)107(113-100-36-4-3-35-99(100)111(105)138-113)91-45-53-95(54-46-91)119(147)135-75-15-23-83-143(87-31-63-127)79-19-11-67-131-71-27-59-123/h1-8,33-56,129-132,137,140H,9-32,57-88,121-128H2,(H,133,145)(H,134,146)(H,135,147)(H,136,148). The number of nitrogens with zero attached hydrogens (tertiary/aromatic N) is 6. The number of aromatic nitrogens is 4. The van der Waals surface area contributed by atoms with Crippen molar-refractivity contribution in [1.82, 2.24) is 82.1 Å². The maximum Gasteiger partial charge on any atom is 0.251 e. The van der Waals surface area contributed by atoms with Crippen molar-refractivity contribution in [2.75, 3.05) is 209 Å². The highest BCUT2D eigenvalue weighted by Gasteiger charge is 2.32. The van der Waals surface area contributed by atoms with Crippen LogP contribution in [0, 0.1) is 0 Å². The third-order valence-corrected chi connectivity index (χ3v) is 28.4. The molecule has 0 saturated heterocycles. The first kappa shape index (κ1) is 114. The number of H-pyrrole nitrogens is 2. The van der Waals surface area contributed by atoms with Crippen molar-refractivity contribution in [3.05, 3.63) is 216 Å². The van der Waals surface area contributed by atoms with E-state index in [1.807, 2.05) is 48.5 Å². The van der Waals surface area contributed by atoms with Crippen LogP contribution in [0.3, 0.4) is 0 Å². The van der Waals surface area contributed by atoms with Crippen LogP contribution in [0.1, 0.15) is 196 Å². The third kappa shape index (κ3) is 33.3. The van der Waals surface area contributed by atoms with E-state index >= 15 is 0 Å². The maximum absolute atomic E-state index is 14.7. The fourth-order valence-electron chi connectivity index (χ4n) is 20.3. The summed E-state index contributed by atoms with van der Waals surface area (Å²) in [6.07, 6.45) is 23.4. The monoisotopic (exact) mass is 2010 g/mol. The van der Waals surface area contributed by atoms with E-state index in [2.05, 4.69) is 218 Å². The lowest BCUT2D eigenvalue weighted by atomic mass is 9.93. The lowest BCUT2D eigenvalue weighted by Crippen LogP contribution is -2.30. The molecule has 148 heavy (non-hydrogen) atoms. The third-order valence-electron chi connectivity index (χ3n) is 28.4. The minimum absolute atomic E-state index is 0.160. The van der Waals surface area contributed by atoms with Crippen LogP contribution in [0.15, 0.2) is 194 Å². The molecule has 0 spiro atoms. The number of aromatic amines is 2. The van der Waals surface area contributed by atoms with Crippen LogP contribution in [-0.4, -0.2) is 273 Å². The number of hydrogen-bond acceptors (Lipinski definition) is 22. The van der Waals surface area contributed by atoms with Gasteiger partial charge in [-0.25, -0.2) is 9.97 Å². The van der Waals surface area contributed by atoms with E-state index in [0.717, 1.165) is 395 Å². The summed E-state index contributed by atoms with van der Waals surface area (Å²) in [6, 6.07) is 65.8. The molecule has 4 heterocycles. The number of nitrogens with two attached hydrogens (primary N) is 8. The summed E-state index contributed by atoms with van der Waals surface area (Å²) in [5.41, 5.74) is 65.0. The van der Waals surface area contributed by atoms with E-state index in [1.165, 1.54) is 0 Å². The van der Waals surface area contributed by atoms with Crippen LogP contribution in [-0.2, 0) is 0 Å². The number of benzene rings is 8. The fourth-order valence-corrected chi connectivity index (χ4v) is 20.3. The molecule has 8 bridgehead atoms. The molecule has 0 unspecified atom stereocenters. The molecule has 0 radical (unpaired) electrons. The van der Waals surface area contributed by atoms with Crippen molar-refractivity contribution in [3.8, 4) is 89.5 Å². The first-order valence-corrected chi connectivity index (χ1v) is 55.6. The van der Waals surface area contributed by atoms with Crippen molar-refractivity contribution in [1.29, 1.82) is 0 Å². The van der Waals surface area contributed by atoms with Crippen molar-refractivity contribution in [2.24, 2.45) is 45.9 Å². The van der Waals surface area contributed by atoms with Crippen LogP contribution in [0.4, 0.5) is 0 Å². The Labute approximate surface area is 878 Å². The Hall–Kier alpha value is -11.4. The van der Waals surface area contributed by atoms with Crippen molar-refractivity contribution in [3.63, 3.8) is 0 Å². The molecule has 3 aliphatic rings. The summed E-state index contributed by atoms with van der Waals surface area (Å²) < 4.78 is 0. The van der Waals surface area contributed by atoms with Gasteiger partial charge in [-0.2, -0.15) is 0 Å². The van der Waals surface area contributed by atoms with Crippen molar-refractivity contribution >= 4 is 67.2 Å². The van der Waals surface area contributed by atoms with E-state index in [4.69, 9.17) is 55.8 Å². The first-order chi connectivity index (χ1) is 72.9. The first-order valence-electron chi connectivity index (χ1n) is 55.6. The quantitative estimate of drug-likeness (QED) is 0.0157. The molecule has 2 aliphatic heterocycles. The summed E-state index contributed by atoms with van der Waals surface area (Å²) in [7, 11) is 0. The second kappa shape index (κ2) is 63.6. The maximum atomic E-state index is 14.7. The highest BCUT2D eigenvalue weighted by molar-refractivity contribution is 6.22. The molecule has 2 aromatic heterocycles. The number of rotatable bonds is 72. The highest BCUT2D eigenvalue weighted by atomic mass is 16.2. The second-order valence-corrected chi connectivity index (χ2v) is 39.5. The summed E-state index contributed by atoms with van der Waals surface area (Å²) in [6.45, 7) is 26.6. The zero-order chi connectivity index (χ0) is 103. The van der Waals surface area contributed by atoms with Crippen LogP contribution < -0.4 is 88.4 Å². The molecule has 28 nitrogen and oxygen atoms in total. The average molecular weight is 2010 g/mol. The minimum atomic E-state index is -0.160. The Morgan fingerprint density at radius 1 is 0.209 bits per heavy atom. The summed E-state index contributed by atoms with van der Waals surface area (Å²) in [5.74, 6) is -0.641. The molecule has 0 saturated carbocycles. The van der Waals surface area contributed by atoms with Crippen LogP contribution in [0.25, 0.3) is 133 Å². The Morgan fingerprint density at radius 2 is 0.385 bits per heavy atom. The highest BCUT2D eigenvalue weighted by Crippen LogP contribution is 2.52. The molecule has 794 valence electrons. The molecule has 13 rings (SSSR count). The van der Waals surface area contributed by atoms with Gasteiger partial charge < -0.3 is 118 Å². The van der Waals surface area contributed by atoms with Crippen LogP contribution >= 0.6 is 0 Å². The van der Waals surface area contributed by atoms with Gasteiger partial charge in [-0.1, -0.05) is 146 Å². The van der Waals surface area contributed by atoms with E-state index in [9.17, 15) is 19.2 Å². The van der Waals surface area contributed by atoms with Crippen molar-refractivity contribution < 1.29 is 19.2 Å². The zero-order valence-electron chi connectivity index (χ0n) is 88.0. The lowest BCUT2D eigenvalue weighted by Gasteiger charge is -2.22. The summed E-state index contributed by atoms with van der Waals surface area (Å²) in [5, 5.41) is 30.8. The largest absolute Gasteiger partial charge is 0.353 e. The van der Waals surface area contributed by atoms with Crippen molar-refractivity contribution in [2.45, 2.75) is 154 Å². The molecule has 8 aromatic carbocycles. The zero-order valence-corrected chi connectivity index (χ0v) is 88.0. The topological polar surface area (TPSA) is 443 Å². The summed E-state index contributed by atoms with van der Waals surface area (Å²) >= 11 is 0. The molecule has 28 heteroatoms. The predicted molar refractivity (Wildman–Crippen MR) is 616 cm³/mol. The number of amides is 4. The van der Waals surface area contributed by atoms with Crippen LogP contribution in [0.2, 0.25) is 0 Å². The van der Waals surface area contributed by atoms with Gasteiger partial charge in [0.25, 0.3) is 23.6 Å². The van der Waals surface area contributed by atoms with Gasteiger partial charge in [0, 0.05) is 114 Å². The van der Waals surface area contributed by atoms with Gasteiger partial charge in [-0.15, -0.1) is 0 Å². The van der Waals surface area contributed by atoms with Gasteiger partial charge in [-0.05, 0) is 408 Å². The molecular weight excluding hydrogens is 1840 g/mol. The fraction of sp³-hybridized carbons (Fsp3) is 0.467. The van der Waals surface area contributed by atoms with Gasteiger partial charge in [0.15, 0.2) is 0 Å². The normalized spacial score (nSPS) is 11.9. The Balaban J connectivity index is 0.942. The van der Waals surface area contributed by atoms with E-state index in [-0.39, 0.29) is 23.6 Å². The second-order valence-electron chi connectivity index (χ2n) is 39.5. The van der Waals surface area contributed by atoms with E-state index < -0.39 is 0 Å². The molecule has 0 atom stereocenters. The van der Waals surface area contributed by atoms with Gasteiger partial charge >= 0.3 is 0 Å². The molecule has 1 aliphatic carbocycles. The SMILES string of the molecule is NCCCNCCCCN(CCCN)CCCCNC(=O)c1ccc(-c2c3nc(c(-c4ccc(C(=O)NCCCCN(CCCN)CCCCNCCCN)cc4)c4[nH]c(c(-c5ccc(C(=O)NCCCCN(CCCN)CCCCNCCCN)cc5)c5nc(c(-c6ccc(C(=O)NCCCCN(CCCN)CCCCNCCCN)cc6)c6[nH]c2c2ccccc62)-c2ccccc2-5)c2ccccc42)-c2ccccc2-3)cc1. The average Bonchev–Trinajstić information content (AvgIpc) is 1.56.